The average molecular weight is 353 g/mol. The predicted molar refractivity (Wildman–Crippen MR) is 104 cm³/mol. The van der Waals surface area contributed by atoms with Crippen LogP contribution in [0.25, 0.3) is 0 Å². The molecular formula is C21H27N3O2. The summed E-state index contributed by atoms with van der Waals surface area (Å²) < 4.78 is 5.55. The van der Waals surface area contributed by atoms with E-state index >= 15 is 0 Å². The minimum atomic E-state index is -0.0974. The van der Waals surface area contributed by atoms with Gasteiger partial charge in [-0.3, -0.25) is 4.79 Å². The summed E-state index contributed by atoms with van der Waals surface area (Å²) in [4.78, 5) is 16.8. The summed E-state index contributed by atoms with van der Waals surface area (Å²) in [6, 6.07) is 9.79. The zero-order chi connectivity index (χ0) is 18.5. The van der Waals surface area contributed by atoms with E-state index in [1.165, 1.54) is 5.56 Å². The van der Waals surface area contributed by atoms with Gasteiger partial charge < -0.3 is 15.4 Å². The van der Waals surface area contributed by atoms with Gasteiger partial charge in [0.25, 0.3) is 5.91 Å². The van der Waals surface area contributed by atoms with Crippen LogP contribution in [0.2, 0.25) is 0 Å². The molecule has 138 valence electrons. The van der Waals surface area contributed by atoms with Crippen molar-refractivity contribution in [3.8, 4) is 0 Å². The third-order valence-electron chi connectivity index (χ3n) is 4.72. The number of aromatic nitrogens is 1. The molecule has 0 spiro atoms. The summed E-state index contributed by atoms with van der Waals surface area (Å²) in [5, 5.41) is 6.35. The summed E-state index contributed by atoms with van der Waals surface area (Å²) in [5.74, 6) is 0.973. The largest absolute Gasteiger partial charge is 0.376 e. The van der Waals surface area contributed by atoms with E-state index in [2.05, 4.69) is 54.6 Å². The number of hydrogen-bond donors (Lipinski definition) is 2. The number of carbonyl (C=O) groups is 1. The number of benzene rings is 1. The summed E-state index contributed by atoms with van der Waals surface area (Å²) in [5.41, 5.74) is 4.05. The quantitative estimate of drug-likeness (QED) is 0.818. The molecule has 1 aromatic heterocycles. The predicted octanol–water partition coefficient (Wildman–Crippen LogP) is 4.17. The number of aryl methyl sites for hydroxylation is 1. The molecule has 0 saturated carbocycles. The first-order chi connectivity index (χ1) is 12.5. The van der Waals surface area contributed by atoms with Gasteiger partial charge in [0.2, 0.25) is 0 Å². The lowest BCUT2D eigenvalue weighted by molar-refractivity contribution is 0.0857. The highest BCUT2D eigenvalue weighted by atomic mass is 16.5. The number of pyridine rings is 1. The van der Waals surface area contributed by atoms with Crippen LogP contribution in [0.3, 0.4) is 0 Å². The Morgan fingerprint density at radius 1 is 1.35 bits per heavy atom. The summed E-state index contributed by atoms with van der Waals surface area (Å²) in [6.45, 7) is 7.76. The zero-order valence-electron chi connectivity index (χ0n) is 15.7. The molecule has 1 aliphatic heterocycles. The van der Waals surface area contributed by atoms with Crippen molar-refractivity contribution in [2.75, 3.05) is 18.5 Å². The molecule has 0 radical (unpaired) electrons. The molecule has 1 amide bonds. The average Bonchev–Trinajstić information content (AvgIpc) is 3.15. The fourth-order valence-corrected chi connectivity index (χ4v) is 3.22. The number of nitrogens with one attached hydrogen (secondary N) is 2. The van der Waals surface area contributed by atoms with E-state index in [9.17, 15) is 4.79 Å². The molecule has 1 fully saturated rings. The normalized spacial score (nSPS) is 16.7. The van der Waals surface area contributed by atoms with Crippen molar-refractivity contribution in [2.45, 2.75) is 45.6 Å². The van der Waals surface area contributed by atoms with Crippen LogP contribution in [0.1, 0.15) is 54.1 Å². The van der Waals surface area contributed by atoms with Crippen molar-refractivity contribution in [1.29, 1.82) is 0 Å². The number of hydrogen-bond acceptors (Lipinski definition) is 4. The molecule has 1 unspecified atom stereocenters. The molecule has 2 heterocycles. The van der Waals surface area contributed by atoms with Gasteiger partial charge in [0.15, 0.2) is 0 Å². The van der Waals surface area contributed by atoms with Crippen LogP contribution in [0.5, 0.6) is 0 Å². The lowest BCUT2D eigenvalue weighted by Crippen LogP contribution is -2.31. The van der Waals surface area contributed by atoms with Crippen LogP contribution in [0.15, 0.2) is 36.5 Å². The Hall–Kier alpha value is -2.40. The lowest BCUT2D eigenvalue weighted by atomic mass is 9.98. The first kappa shape index (κ1) is 18.4. The minimum absolute atomic E-state index is 0.0974. The van der Waals surface area contributed by atoms with E-state index in [4.69, 9.17) is 4.74 Å². The standard InChI is InChI=1S/C21H27N3O2/c1-14(2)18-8-4-6-15(3)20(18)24-19-12-16(9-10-22-19)21(25)23-13-17-7-5-11-26-17/h4,6,8-10,12,14,17H,5,7,11,13H2,1-3H3,(H,22,24)(H,23,25). The fraction of sp³-hybridized carbons (Fsp3) is 0.429. The van der Waals surface area contributed by atoms with Crippen molar-refractivity contribution >= 4 is 17.4 Å². The Balaban J connectivity index is 1.72. The van der Waals surface area contributed by atoms with Crippen LogP contribution >= 0.6 is 0 Å². The first-order valence-corrected chi connectivity index (χ1v) is 9.27. The number of amides is 1. The topological polar surface area (TPSA) is 63.2 Å². The molecule has 5 nitrogen and oxygen atoms in total. The highest BCUT2D eigenvalue weighted by molar-refractivity contribution is 5.95. The second-order valence-electron chi connectivity index (χ2n) is 7.09. The lowest BCUT2D eigenvalue weighted by Gasteiger charge is -2.17. The first-order valence-electron chi connectivity index (χ1n) is 9.27. The van der Waals surface area contributed by atoms with Gasteiger partial charge >= 0.3 is 0 Å². The zero-order valence-corrected chi connectivity index (χ0v) is 15.7. The summed E-state index contributed by atoms with van der Waals surface area (Å²) in [6.07, 6.45) is 3.88. The highest BCUT2D eigenvalue weighted by Crippen LogP contribution is 2.29. The number of anilines is 2. The van der Waals surface area contributed by atoms with Crippen LogP contribution in [0, 0.1) is 6.92 Å². The molecule has 0 aliphatic carbocycles. The Bertz CT molecular complexity index is 768. The smallest absolute Gasteiger partial charge is 0.251 e. The molecule has 1 aromatic carbocycles. The van der Waals surface area contributed by atoms with E-state index in [1.54, 1.807) is 18.3 Å². The van der Waals surface area contributed by atoms with E-state index in [1.807, 2.05) is 0 Å². The molecule has 5 heteroatoms. The highest BCUT2D eigenvalue weighted by Gasteiger charge is 2.17. The van der Waals surface area contributed by atoms with Crippen molar-refractivity contribution in [2.24, 2.45) is 0 Å². The van der Waals surface area contributed by atoms with Gasteiger partial charge in [0.05, 0.1) is 6.10 Å². The van der Waals surface area contributed by atoms with Crippen LogP contribution in [-0.4, -0.2) is 30.1 Å². The van der Waals surface area contributed by atoms with Gasteiger partial charge in [-0.05, 0) is 48.9 Å². The van der Waals surface area contributed by atoms with Gasteiger partial charge in [0, 0.05) is 30.6 Å². The van der Waals surface area contributed by atoms with E-state index in [-0.39, 0.29) is 12.0 Å². The molecule has 26 heavy (non-hydrogen) atoms. The second kappa shape index (κ2) is 8.32. The molecule has 2 N–H and O–H groups in total. The van der Waals surface area contributed by atoms with E-state index < -0.39 is 0 Å². The maximum atomic E-state index is 12.4. The molecular weight excluding hydrogens is 326 g/mol. The number of para-hydroxylation sites is 1. The van der Waals surface area contributed by atoms with Crippen molar-refractivity contribution in [3.05, 3.63) is 53.2 Å². The molecule has 1 aliphatic rings. The Kier molecular flexibility index (Phi) is 5.89. The third kappa shape index (κ3) is 4.41. The molecule has 1 atom stereocenters. The Morgan fingerprint density at radius 2 is 2.19 bits per heavy atom. The molecule has 0 bridgehead atoms. The van der Waals surface area contributed by atoms with E-state index in [0.717, 1.165) is 30.7 Å². The number of carbonyl (C=O) groups excluding carboxylic acids is 1. The Morgan fingerprint density at radius 3 is 2.92 bits per heavy atom. The molecule has 1 saturated heterocycles. The van der Waals surface area contributed by atoms with Crippen LogP contribution < -0.4 is 10.6 Å². The number of nitrogens with zero attached hydrogens (tertiary/aromatic N) is 1. The summed E-state index contributed by atoms with van der Waals surface area (Å²) >= 11 is 0. The maximum absolute atomic E-state index is 12.4. The number of ether oxygens (including phenoxy) is 1. The van der Waals surface area contributed by atoms with Crippen LogP contribution in [-0.2, 0) is 4.74 Å². The Labute approximate surface area is 155 Å². The van der Waals surface area contributed by atoms with Gasteiger partial charge in [0.1, 0.15) is 5.82 Å². The molecule has 2 aromatic rings. The summed E-state index contributed by atoms with van der Waals surface area (Å²) in [7, 11) is 0. The van der Waals surface area contributed by atoms with Gasteiger partial charge in [-0.1, -0.05) is 32.0 Å². The van der Waals surface area contributed by atoms with Crippen LogP contribution in [0.4, 0.5) is 11.5 Å². The molecule has 3 rings (SSSR count). The van der Waals surface area contributed by atoms with Gasteiger partial charge in [-0.25, -0.2) is 4.98 Å². The SMILES string of the molecule is Cc1cccc(C(C)C)c1Nc1cc(C(=O)NCC2CCCO2)ccn1. The second-order valence-corrected chi connectivity index (χ2v) is 7.09. The number of rotatable bonds is 6. The minimum Gasteiger partial charge on any atom is -0.376 e. The van der Waals surface area contributed by atoms with Crippen molar-refractivity contribution in [1.82, 2.24) is 10.3 Å². The van der Waals surface area contributed by atoms with Gasteiger partial charge in [-0.15, -0.1) is 0 Å². The van der Waals surface area contributed by atoms with Crippen molar-refractivity contribution < 1.29 is 9.53 Å². The van der Waals surface area contributed by atoms with E-state index in [0.29, 0.717) is 23.8 Å². The third-order valence-corrected chi connectivity index (χ3v) is 4.72. The maximum Gasteiger partial charge on any atom is 0.251 e. The van der Waals surface area contributed by atoms with Gasteiger partial charge in [-0.2, -0.15) is 0 Å². The fourth-order valence-electron chi connectivity index (χ4n) is 3.22. The monoisotopic (exact) mass is 353 g/mol. The van der Waals surface area contributed by atoms with Crippen molar-refractivity contribution in [3.63, 3.8) is 0 Å².